The molecule has 1 unspecified atom stereocenters. The highest BCUT2D eigenvalue weighted by Gasteiger charge is 2.21. The molecule has 1 aliphatic rings. The summed E-state index contributed by atoms with van der Waals surface area (Å²) < 4.78 is 7.91. The van der Waals surface area contributed by atoms with Crippen molar-refractivity contribution in [2.75, 3.05) is 39.8 Å². The highest BCUT2D eigenvalue weighted by atomic mass is 127. The van der Waals surface area contributed by atoms with E-state index in [1.54, 1.807) is 18.4 Å². The van der Waals surface area contributed by atoms with Crippen molar-refractivity contribution in [1.82, 2.24) is 24.9 Å². The molecule has 1 atom stereocenters. The SMILES string of the molecule is CN=C(NCc1cn2ccsc2n1)NCC1CN(CC(C)C)CCO1.I. The largest absolute Gasteiger partial charge is 0.374 e. The van der Waals surface area contributed by atoms with Gasteiger partial charge >= 0.3 is 0 Å². The van der Waals surface area contributed by atoms with Crippen LogP contribution in [0.25, 0.3) is 4.96 Å². The number of fused-ring (bicyclic) bond motifs is 1. The molecule has 2 N–H and O–H groups in total. The van der Waals surface area contributed by atoms with E-state index in [9.17, 15) is 0 Å². The molecule has 7 nitrogen and oxygen atoms in total. The van der Waals surface area contributed by atoms with Gasteiger partial charge in [-0.2, -0.15) is 0 Å². The van der Waals surface area contributed by atoms with Crippen LogP contribution in [-0.4, -0.2) is 66.2 Å². The van der Waals surface area contributed by atoms with Crippen LogP contribution in [0.1, 0.15) is 19.5 Å². The minimum Gasteiger partial charge on any atom is -0.374 e. The summed E-state index contributed by atoms with van der Waals surface area (Å²) in [6.07, 6.45) is 4.26. The number of morpholine rings is 1. The third-order valence-electron chi connectivity index (χ3n) is 4.15. The molecule has 2 aromatic rings. The van der Waals surface area contributed by atoms with Gasteiger partial charge in [0.1, 0.15) is 0 Å². The molecule has 0 bridgehead atoms. The molecule has 26 heavy (non-hydrogen) atoms. The number of nitrogens with zero attached hydrogens (tertiary/aromatic N) is 4. The van der Waals surface area contributed by atoms with E-state index in [2.05, 4.69) is 39.4 Å². The normalized spacial score (nSPS) is 18.9. The summed E-state index contributed by atoms with van der Waals surface area (Å²) in [6.45, 7) is 9.86. The first-order valence-electron chi connectivity index (χ1n) is 8.83. The Bertz CT molecular complexity index is 672. The van der Waals surface area contributed by atoms with Crippen LogP contribution in [0.4, 0.5) is 0 Å². The molecule has 2 aromatic heterocycles. The van der Waals surface area contributed by atoms with Crippen LogP contribution >= 0.6 is 35.3 Å². The lowest BCUT2D eigenvalue weighted by Gasteiger charge is -2.34. The van der Waals surface area contributed by atoms with Gasteiger partial charge in [0.05, 0.1) is 24.9 Å². The number of nitrogens with one attached hydrogen (secondary N) is 2. The molecule has 0 aromatic carbocycles. The Hall–Kier alpha value is -0.910. The number of guanidine groups is 1. The molecule has 0 aliphatic carbocycles. The molecule has 3 rings (SSSR count). The van der Waals surface area contributed by atoms with E-state index < -0.39 is 0 Å². The van der Waals surface area contributed by atoms with Gasteiger partial charge in [-0.1, -0.05) is 13.8 Å². The maximum absolute atomic E-state index is 5.88. The predicted octanol–water partition coefficient (Wildman–Crippen LogP) is 2.04. The number of rotatable bonds is 6. The fourth-order valence-electron chi connectivity index (χ4n) is 3.05. The lowest BCUT2D eigenvalue weighted by atomic mass is 10.2. The number of ether oxygens (including phenoxy) is 1. The van der Waals surface area contributed by atoms with E-state index in [0.29, 0.717) is 12.5 Å². The first-order valence-corrected chi connectivity index (χ1v) is 9.71. The third kappa shape index (κ3) is 6.07. The molecule has 3 heterocycles. The Kier molecular flexibility index (Phi) is 8.58. The van der Waals surface area contributed by atoms with Crippen molar-refractivity contribution in [1.29, 1.82) is 0 Å². The monoisotopic (exact) mass is 492 g/mol. The topological polar surface area (TPSA) is 66.2 Å². The van der Waals surface area contributed by atoms with Crippen molar-refractivity contribution >= 4 is 46.2 Å². The van der Waals surface area contributed by atoms with Crippen molar-refractivity contribution in [2.24, 2.45) is 10.9 Å². The van der Waals surface area contributed by atoms with E-state index in [-0.39, 0.29) is 30.1 Å². The van der Waals surface area contributed by atoms with Crippen molar-refractivity contribution in [3.05, 3.63) is 23.5 Å². The van der Waals surface area contributed by atoms with Gasteiger partial charge in [-0.25, -0.2) is 4.98 Å². The second kappa shape index (κ2) is 10.4. The summed E-state index contributed by atoms with van der Waals surface area (Å²) in [4.78, 5) is 12.4. The van der Waals surface area contributed by atoms with Gasteiger partial charge in [0, 0.05) is 51.0 Å². The number of thiazole rings is 1. The zero-order valence-electron chi connectivity index (χ0n) is 15.6. The van der Waals surface area contributed by atoms with Gasteiger partial charge < -0.3 is 15.4 Å². The smallest absolute Gasteiger partial charge is 0.193 e. The van der Waals surface area contributed by atoms with Crippen LogP contribution < -0.4 is 10.6 Å². The van der Waals surface area contributed by atoms with E-state index in [1.165, 1.54) is 0 Å². The maximum Gasteiger partial charge on any atom is 0.193 e. The number of hydrogen-bond donors (Lipinski definition) is 2. The van der Waals surface area contributed by atoms with Crippen molar-refractivity contribution in [3.8, 4) is 0 Å². The average molecular weight is 492 g/mol. The quantitative estimate of drug-likeness (QED) is 0.367. The summed E-state index contributed by atoms with van der Waals surface area (Å²) in [5.41, 5.74) is 1.01. The summed E-state index contributed by atoms with van der Waals surface area (Å²) >= 11 is 1.64. The Morgan fingerprint density at radius 3 is 3.04 bits per heavy atom. The Balaban J connectivity index is 0.00000243. The molecule has 146 valence electrons. The summed E-state index contributed by atoms with van der Waals surface area (Å²) in [7, 11) is 1.79. The van der Waals surface area contributed by atoms with E-state index in [1.807, 2.05) is 22.2 Å². The van der Waals surface area contributed by atoms with Gasteiger partial charge in [-0.05, 0) is 5.92 Å². The molecule has 1 aliphatic heterocycles. The number of aromatic nitrogens is 2. The lowest BCUT2D eigenvalue weighted by molar-refractivity contribution is -0.0284. The standard InChI is InChI=1S/C17H28N6OS.HI/c1-13(2)10-22-4-6-24-15(12-22)9-20-16(18-3)19-8-14-11-23-5-7-25-17(23)21-14;/h5,7,11,13,15H,4,6,8-10,12H2,1-3H3,(H2,18,19,20);1H. The molecule has 1 fully saturated rings. The van der Waals surface area contributed by atoms with E-state index >= 15 is 0 Å². The minimum atomic E-state index is 0. The number of hydrogen-bond acceptors (Lipinski definition) is 5. The number of halogens is 1. The maximum atomic E-state index is 5.88. The van der Waals surface area contributed by atoms with Crippen LogP contribution in [0.15, 0.2) is 22.8 Å². The second-order valence-corrected chi connectivity index (χ2v) is 7.65. The van der Waals surface area contributed by atoms with Crippen LogP contribution in [0.3, 0.4) is 0 Å². The molecule has 0 saturated carbocycles. The molecule has 0 radical (unpaired) electrons. The summed E-state index contributed by atoms with van der Waals surface area (Å²) in [5.74, 6) is 1.46. The van der Waals surface area contributed by atoms with Gasteiger partial charge in [-0.15, -0.1) is 35.3 Å². The second-order valence-electron chi connectivity index (χ2n) is 6.78. The van der Waals surface area contributed by atoms with E-state index in [0.717, 1.165) is 49.4 Å². The fraction of sp³-hybridized carbons (Fsp3) is 0.647. The van der Waals surface area contributed by atoms with E-state index in [4.69, 9.17) is 4.74 Å². The highest BCUT2D eigenvalue weighted by molar-refractivity contribution is 14.0. The van der Waals surface area contributed by atoms with Crippen molar-refractivity contribution in [3.63, 3.8) is 0 Å². The Morgan fingerprint density at radius 1 is 1.46 bits per heavy atom. The van der Waals surface area contributed by atoms with Crippen LogP contribution in [0.2, 0.25) is 0 Å². The fourth-order valence-corrected chi connectivity index (χ4v) is 3.77. The lowest BCUT2D eigenvalue weighted by Crippen LogP contribution is -2.50. The molecular formula is C17H29IN6OS. The van der Waals surface area contributed by atoms with Crippen LogP contribution in [-0.2, 0) is 11.3 Å². The van der Waals surface area contributed by atoms with Crippen LogP contribution in [0, 0.1) is 5.92 Å². The number of aliphatic imine (C=N–C) groups is 1. The first kappa shape index (κ1) is 21.4. The molecule has 1 saturated heterocycles. The third-order valence-corrected chi connectivity index (χ3v) is 4.92. The summed E-state index contributed by atoms with van der Waals surface area (Å²) in [6, 6.07) is 0. The molecule has 9 heteroatoms. The Labute approximate surface area is 176 Å². The van der Waals surface area contributed by atoms with Crippen molar-refractivity contribution in [2.45, 2.75) is 26.5 Å². The zero-order chi connectivity index (χ0) is 17.6. The van der Waals surface area contributed by atoms with Gasteiger partial charge in [0.15, 0.2) is 10.9 Å². The highest BCUT2D eigenvalue weighted by Crippen LogP contribution is 2.11. The Morgan fingerprint density at radius 2 is 2.31 bits per heavy atom. The van der Waals surface area contributed by atoms with Gasteiger partial charge in [-0.3, -0.25) is 14.3 Å². The first-order chi connectivity index (χ1) is 12.1. The van der Waals surface area contributed by atoms with Gasteiger partial charge in [0.2, 0.25) is 0 Å². The molecule has 0 amide bonds. The number of imidazole rings is 1. The predicted molar refractivity (Wildman–Crippen MR) is 118 cm³/mol. The van der Waals surface area contributed by atoms with Crippen LogP contribution in [0.5, 0.6) is 0 Å². The average Bonchev–Trinajstić information content (AvgIpc) is 3.16. The molecular weight excluding hydrogens is 463 g/mol. The molecule has 0 spiro atoms. The van der Waals surface area contributed by atoms with Crippen molar-refractivity contribution < 1.29 is 4.74 Å². The van der Waals surface area contributed by atoms with Gasteiger partial charge in [0.25, 0.3) is 0 Å². The summed E-state index contributed by atoms with van der Waals surface area (Å²) in [5, 5.41) is 8.72. The minimum absolute atomic E-state index is 0. The zero-order valence-corrected chi connectivity index (χ0v) is 18.8.